The first-order valence-electron chi connectivity index (χ1n) is 5.57. The Kier molecular flexibility index (Phi) is 2.33. The molecule has 0 amide bonds. The molecule has 0 bridgehead atoms. The number of benzene rings is 1. The van der Waals surface area contributed by atoms with E-state index in [-0.39, 0.29) is 5.82 Å². The van der Waals surface area contributed by atoms with Gasteiger partial charge in [-0.15, -0.1) is 0 Å². The van der Waals surface area contributed by atoms with Crippen LogP contribution in [-0.4, -0.2) is 19.7 Å². The average molecular weight is 242 g/mol. The fourth-order valence-electron chi connectivity index (χ4n) is 1.94. The van der Waals surface area contributed by atoms with E-state index in [1.165, 1.54) is 12.1 Å². The predicted molar refractivity (Wildman–Crippen MR) is 66.4 cm³/mol. The molecule has 2 aromatic heterocycles. The van der Waals surface area contributed by atoms with Crippen molar-refractivity contribution in [3.8, 4) is 11.4 Å². The first-order chi connectivity index (χ1) is 8.65. The monoisotopic (exact) mass is 242 g/mol. The standard InChI is InChI=1S/C13H11FN4/c1-8-12-11(18(2)17-8)7-15-13(16-12)9-3-5-10(14)6-4-9/h3-7H,1-2H3. The molecule has 0 aliphatic rings. The van der Waals surface area contributed by atoms with E-state index in [1.54, 1.807) is 23.0 Å². The van der Waals surface area contributed by atoms with Crippen molar-refractivity contribution >= 4 is 11.0 Å². The summed E-state index contributed by atoms with van der Waals surface area (Å²) in [6.45, 7) is 1.91. The molecular formula is C13H11FN4. The molecule has 18 heavy (non-hydrogen) atoms. The number of hydrogen-bond acceptors (Lipinski definition) is 3. The van der Waals surface area contributed by atoms with Crippen LogP contribution in [0.15, 0.2) is 30.5 Å². The van der Waals surface area contributed by atoms with Crippen molar-refractivity contribution in [1.82, 2.24) is 19.7 Å². The molecule has 3 aromatic rings. The molecule has 0 fully saturated rings. The number of rotatable bonds is 1. The zero-order chi connectivity index (χ0) is 12.7. The minimum atomic E-state index is -0.266. The molecule has 0 atom stereocenters. The Morgan fingerprint density at radius 1 is 1.17 bits per heavy atom. The summed E-state index contributed by atoms with van der Waals surface area (Å²) >= 11 is 0. The van der Waals surface area contributed by atoms with Crippen molar-refractivity contribution in [1.29, 1.82) is 0 Å². The second-order valence-electron chi connectivity index (χ2n) is 4.14. The van der Waals surface area contributed by atoms with Gasteiger partial charge in [-0.3, -0.25) is 4.68 Å². The zero-order valence-electron chi connectivity index (χ0n) is 10.1. The lowest BCUT2D eigenvalue weighted by atomic mass is 10.2. The number of nitrogens with zero attached hydrogens (tertiary/aromatic N) is 4. The van der Waals surface area contributed by atoms with E-state index in [0.29, 0.717) is 5.82 Å². The molecule has 0 saturated carbocycles. The molecule has 2 heterocycles. The van der Waals surface area contributed by atoms with E-state index in [1.807, 2.05) is 14.0 Å². The summed E-state index contributed by atoms with van der Waals surface area (Å²) in [5, 5.41) is 4.29. The van der Waals surface area contributed by atoms with Crippen molar-refractivity contribution in [3.05, 3.63) is 42.0 Å². The third kappa shape index (κ3) is 1.64. The van der Waals surface area contributed by atoms with Gasteiger partial charge in [-0.1, -0.05) is 0 Å². The van der Waals surface area contributed by atoms with Crippen molar-refractivity contribution < 1.29 is 4.39 Å². The number of aromatic nitrogens is 4. The molecule has 4 nitrogen and oxygen atoms in total. The summed E-state index contributed by atoms with van der Waals surface area (Å²) < 4.78 is 14.6. The van der Waals surface area contributed by atoms with Gasteiger partial charge in [0.05, 0.1) is 11.9 Å². The van der Waals surface area contributed by atoms with Crippen LogP contribution in [0.2, 0.25) is 0 Å². The highest BCUT2D eigenvalue weighted by Gasteiger charge is 2.09. The number of aryl methyl sites for hydroxylation is 2. The molecule has 3 rings (SSSR count). The Balaban J connectivity index is 2.18. The summed E-state index contributed by atoms with van der Waals surface area (Å²) in [5.74, 6) is 0.316. The second kappa shape index (κ2) is 3.87. The van der Waals surface area contributed by atoms with E-state index >= 15 is 0 Å². The van der Waals surface area contributed by atoms with Crippen LogP contribution >= 0.6 is 0 Å². The molecule has 0 saturated heterocycles. The van der Waals surface area contributed by atoms with Crippen LogP contribution < -0.4 is 0 Å². The van der Waals surface area contributed by atoms with Crippen molar-refractivity contribution in [2.24, 2.45) is 7.05 Å². The van der Waals surface area contributed by atoms with Gasteiger partial charge in [0, 0.05) is 12.6 Å². The molecule has 0 spiro atoms. The lowest BCUT2D eigenvalue weighted by Gasteiger charge is -2.00. The molecule has 0 aliphatic carbocycles. The van der Waals surface area contributed by atoms with E-state index in [2.05, 4.69) is 15.1 Å². The van der Waals surface area contributed by atoms with Crippen LogP contribution in [0, 0.1) is 12.7 Å². The Hall–Kier alpha value is -2.30. The van der Waals surface area contributed by atoms with Gasteiger partial charge in [0.2, 0.25) is 0 Å². The Morgan fingerprint density at radius 3 is 2.61 bits per heavy atom. The largest absolute Gasteiger partial charge is 0.264 e. The summed E-state index contributed by atoms with van der Waals surface area (Å²) in [6.07, 6.45) is 1.74. The Labute approximate surface area is 103 Å². The number of fused-ring (bicyclic) bond motifs is 1. The lowest BCUT2D eigenvalue weighted by molar-refractivity contribution is 0.628. The van der Waals surface area contributed by atoms with E-state index < -0.39 is 0 Å². The molecule has 0 N–H and O–H groups in total. The highest BCUT2D eigenvalue weighted by atomic mass is 19.1. The molecule has 0 aliphatic heterocycles. The van der Waals surface area contributed by atoms with E-state index in [0.717, 1.165) is 22.3 Å². The van der Waals surface area contributed by atoms with Crippen LogP contribution in [0.5, 0.6) is 0 Å². The Morgan fingerprint density at radius 2 is 1.89 bits per heavy atom. The van der Waals surface area contributed by atoms with Gasteiger partial charge in [0.25, 0.3) is 0 Å². The third-order valence-corrected chi connectivity index (χ3v) is 2.86. The summed E-state index contributed by atoms with van der Waals surface area (Å²) in [4.78, 5) is 8.77. The maximum absolute atomic E-state index is 12.9. The third-order valence-electron chi connectivity index (χ3n) is 2.86. The fourth-order valence-corrected chi connectivity index (χ4v) is 1.94. The van der Waals surface area contributed by atoms with Gasteiger partial charge in [-0.25, -0.2) is 14.4 Å². The first kappa shape index (κ1) is 10.8. The Bertz CT molecular complexity index is 716. The SMILES string of the molecule is Cc1nn(C)c2cnc(-c3ccc(F)cc3)nc12. The highest BCUT2D eigenvalue weighted by Crippen LogP contribution is 2.20. The van der Waals surface area contributed by atoms with Gasteiger partial charge >= 0.3 is 0 Å². The molecule has 5 heteroatoms. The number of hydrogen-bond donors (Lipinski definition) is 0. The van der Waals surface area contributed by atoms with Crippen molar-refractivity contribution in [2.75, 3.05) is 0 Å². The smallest absolute Gasteiger partial charge is 0.159 e. The zero-order valence-corrected chi connectivity index (χ0v) is 10.1. The van der Waals surface area contributed by atoms with Crippen LogP contribution in [0.3, 0.4) is 0 Å². The molecular weight excluding hydrogens is 231 g/mol. The minimum Gasteiger partial charge on any atom is -0.264 e. The van der Waals surface area contributed by atoms with Gasteiger partial charge in [-0.2, -0.15) is 5.10 Å². The van der Waals surface area contributed by atoms with Gasteiger partial charge in [0.15, 0.2) is 5.82 Å². The van der Waals surface area contributed by atoms with Crippen LogP contribution in [0.25, 0.3) is 22.4 Å². The maximum atomic E-state index is 12.9. The molecule has 90 valence electrons. The van der Waals surface area contributed by atoms with Crippen molar-refractivity contribution in [3.63, 3.8) is 0 Å². The topological polar surface area (TPSA) is 43.6 Å². The van der Waals surface area contributed by atoms with Crippen molar-refractivity contribution in [2.45, 2.75) is 6.92 Å². The van der Waals surface area contributed by atoms with Crippen LogP contribution in [0.1, 0.15) is 5.69 Å². The van der Waals surface area contributed by atoms with Crippen LogP contribution in [0.4, 0.5) is 4.39 Å². The summed E-state index contributed by atoms with van der Waals surface area (Å²) in [6, 6.07) is 6.14. The fraction of sp³-hybridized carbons (Fsp3) is 0.154. The molecule has 0 unspecified atom stereocenters. The number of halogens is 1. The average Bonchev–Trinajstić information content (AvgIpc) is 2.66. The maximum Gasteiger partial charge on any atom is 0.159 e. The first-order valence-corrected chi connectivity index (χ1v) is 5.57. The molecule has 1 aromatic carbocycles. The highest BCUT2D eigenvalue weighted by molar-refractivity contribution is 5.78. The van der Waals surface area contributed by atoms with Gasteiger partial charge in [-0.05, 0) is 31.2 Å². The minimum absolute atomic E-state index is 0.266. The normalized spacial score (nSPS) is 11.1. The summed E-state index contributed by atoms with van der Waals surface area (Å²) in [7, 11) is 1.86. The lowest BCUT2D eigenvalue weighted by Crippen LogP contribution is -1.92. The van der Waals surface area contributed by atoms with Crippen LogP contribution in [-0.2, 0) is 7.05 Å². The summed E-state index contributed by atoms with van der Waals surface area (Å²) in [5.41, 5.74) is 3.37. The van der Waals surface area contributed by atoms with E-state index in [4.69, 9.17) is 0 Å². The van der Waals surface area contributed by atoms with E-state index in [9.17, 15) is 4.39 Å². The predicted octanol–water partition coefficient (Wildman–Crippen LogP) is 2.48. The second-order valence-corrected chi connectivity index (χ2v) is 4.14. The molecule has 0 radical (unpaired) electrons. The quantitative estimate of drug-likeness (QED) is 0.658. The van der Waals surface area contributed by atoms with Gasteiger partial charge in [0.1, 0.15) is 16.9 Å². The van der Waals surface area contributed by atoms with Gasteiger partial charge < -0.3 is 0 Å².